The molecule has 0 bridgehead atoms. The summed E-state index contributed by atoms with van der Waals surface area (Å²) in [7, 11) is 1.48. The van der Waals surface area contributed by atoms with Gasteiger partial charge < -0.3 is 9.47 Å². The van der Waals surface area contributed by atoms with Crippen LogP contribution in [0.2, 0.25) is 0 Å². The molecule has 0 fully saturated rings. The first-order valence-corrected chi connectivity index (χ1v) is 6.43. The van der Waals surface area contributed by atoms with Gasteiger partial charge in [-0.1, -0.05) is 0 Å². The Bertz CT molecular complexity index is 661. The van der Waals surface area contributed by atoms with Crippen molar-refractivity contribution in [1.82, 2.24) is 4.98 Å². The van der Waals surface area contributed by atoms with Gasteiger partial charge in [-0.3, -0.25) is 10.1 Å². The van der Waals surface area contributed by atoms with E-state index < -0.39 is 4.92 Å². The molecule has 0 radical (unpaired) electrons. The first-order valence-electron chi connectivity index (χ1n) is 5.63. The maximum absolute atomic E-state index is 11.0. The number of hydrogen-bond acceptors (Lipinski definition) is 5. The average molecular weight is 339 g/mol. The quantitative estimate of drug-likeness (QED) is 0.625. The highest BCUT2D eigenvalue weighted by molar-refractivity contribution is 9.10. The van der Waals surface area contributed by atoms with Gasteiger partial charge in [0.1, 0.15) is 5.75 Å². The Labute approximate surface area is 123 Å². The summed E-state index contributed by atoms with van der Waals surface area (Å²) in [5.74, 6) is 0.872. The lowest BCUT2D eigenvalue weighted by atomic mass is 10.2. The molecule has 0 N–H and O–H groups in total. The fourth-order valence-corrected chi connectivity index (χ4v) is 2.04. The van der Waals surface area contributed by atoms with Gasteiger partial charge in [-0.2, -0.15) is 0 Å². The number of methoxy groups -OCH3 is 1. The Morgan fingerprint density at radius 3 is 2.70 bits per heavy atom. The highest BCUT2D eigenvalue weighted by Gasteiger charge is 2.18. The van der Waals surface area contributed by atoms with E-state index >= 15 is 0 Å². The lowest BCUT2D eigenvalue weighted by molar-refractivity contribution is -0.385. The second-order valence-electron chi connectivity index (χ2n) is 3.97. The Kier molecular flexibility index (Phi) is 4.19. The van der Waals surface area contributed by atoms with Gasteiger partial charge >= 0.3 is 5.69 Å². The van der Waals surface area contributed by atoms with Gasteiger partial charge in [0.15, 0.2) is 0 Å². The van der Waals surface area contributed by atoms with Crippen LogP contribution < -0.4 is 9.47 Å². The van der Waals surface area contributed by atoms with Gasteiger partial charge in [-0.25, -0.2) is 4.98 Å². The van der Waals surface area contributed by atoms with Crippen molar-refractivity contribution in [3.8, 4) is 17.4 Å². The molecule has 1 aromatic carbocycles. The lowest BCUT2D eigenvalue weighted by Gasteiger charge is -2.09. The van der Waals surface area contributed by atoms with E-state index in [4.69, 9.17) is 9.47 Å². The molecule has 0 amide bonds. The van der Waals surface area contributed by atoms with Crippen LogP contribution >= 0.6 is 15.9 Å². The minimum atomic E-state index is -0.511. The van der Waals surface area contributed by atoms with Crippen molar-refractivity contribution in [2.45, 2.75) is 6.92 Å². The smallest absolute Gasteiger partial charge is 0.311 e. The van der Waals surface area contributed by atoms with Crippen LogP contribution in [0.4, 0.5) is 5.69 Å². The first kappa shape index (κ1) is 14.3. The Balaban J connectivity index is 2.43. The molecule has 0 unspecified atom stereocenters. The maximum atomic E-state index is 11.0. The molecule has 2 aromatic rings. The van der Waals surface area contributed by atoms with Crippen LogP contribution in [-0.2, 0) is 0 Å². The number of nitro benzene ring substituents is 1. The molecule has 0 aliphatic carbocycles. The van der Waals surface area contributed by atoms with Crippen LogP contribution in [0.1, 0.15) is 5.56 Å². The zero-order chi connectivity index (χ0) is 14.7. The van der Waals surface area contributed by atoms with E-state index in [-0.39, 0.29) is 11.4 Å². The largest absolute Gasteiger partial charge is 0.497 e. The van der Waals surface area contributed by atoms with E-state index in [1.54, 1.807) is 13.1 Å². The predicted molar refractivity (Wildman–Crippen MR) is 76.4 cm³/mol. The molecule has 20 heavy (non-hydrogen) atoms. The summed E-state index contributed by atoms with van der Waals surface area (Å²) >= 11 is 3.30. The van der Waals surface area contributed by atoms with E-state index in [1.807, 2.05) is 6.07 Å². The number of aryl methyl sites for hydroxylation is 1. The van der Waals surface area contributed by atoms with Crippen molar-refractivity contribution in [2.24, 2.45) is 0 Å². The second-order valence-corrected chi connectivity index (χ2v) is 4.88. The molecule has 104 valence electrons. The molecule has 0 saturated heterocycles. The number of rotatable bonds is 4. The van der Waals surface area contributed by atoms with Crippen LogP contribution in [0.5, 0.6) is 17.4 Å². The van der Waals surface area contributed by atoms with Crippen LogP contribution in [-0.4, -0.2) is 17.0 Å². The highest BCUT2D eigenvalue weighted by atomic mass is 79.9. The number of halogens is 1. The minimum Gasteiger partial charge on any atom is -0.497 e. The highest BCUT2D eigenvalue weighted by Crippen LogP contribution is 2.35. The van der Waals surface area contributed by atoms with Crippen molar-refractivity contribution >= 4 is 21.6 Å². The molecule has 6 nitrogen and oxygen atoms in total. The second kappa shape index (κ2) is 5.87. The number of benzene rings is 1. The zero-order valence-corrected chi connectivity index (χ0v) is 12.4. The maximum Gasteiger partial charge on any atom is 0.311 e. The number of ether oxygens (including phenoxy) is 2. The van der Waals surface area contributed by atoms with Gasteiger partial charge in [-0.05, 0) is 35.0 Å². The lowest BCUT2D eigenvalue weighted by Crippen LogP contribution is -1.97. The monoisotopic (exact) mass is 338 g/mol. The fraction of sp³-hybridized carbons (Fsp3) is 0.154. The molecule has 0 spiro atoms. The van der Waals surface area contributed by atoms with Crippen molar-refractivity contribution in [3.63, 3.8) is 0 Å². The predicted octanol–water partition coefficient (Wildman–Crippen LogP) is 3.86. The van der Waals surface area contributed by atoms with E-state index in [2.05, 4.69) is 20.9 Å². The number of nitro groups is 1. The molecule has 1 heterocycles. The summed E-state index contributed by atoms with van der Waals surface area (Å²) in [6.45, 7) is 1.80. The molecule has 1 aromatic heterocycles. The summed E-state index contributed by atoms with van der Waals surface area (Å²) in [5, 5.41) is 11.0. The zero-order valence-electron chi connectivity index (χ0n) is 10.8. The number of hydrogen-bond donors (Lipinski definition) is 0. The van der Waals surface area contributed by atoms with Crippen LogP contribution in [0.3, 0.4) is 0 Å². The van der Waals surface area contributed by atoms with Crippen molar-refractivity contribution < 1.29 is 14.4 Å². The molecule has 0 atom stereocenters. The van der Waals surface area contributed by atoms with Crippen molar-refractivity contribution in [3.05, 3.63) is 50.6 Å². The number of pyridine rings is 1. The summed E-state index contributed by atoms with van der Waals surface area (Å²) in [4.78, 5) is 14.6. The van der Waals surface area contributed by atoms with Crippen molar-refractivity contribution in [2.75, 3.05) is 7.11 Å². The normalized spacial score (nSPS) is 10.2. The number of nitrogens with zero attached hydrogens (tertiary/aromatic N) is 2. The van der Waals surface area contributed by atoms with Crippen LogP contribution in [0, 0.1) is 17.0 Å². The Hall–Kier alpha value is -2.15. The van der Waals surface area contributed by atoms with Gasteiger partial charge in [0.05, 0.1) is 12.0 Å². The fourth-order valence-electron chi connectivity index (χ4n) is 1.59. The van der Waals surface area contributed by atoms with E-state index in [1.165, 1.54) is 25.3 Å². The average Bonchev–Trinajstić information content (AvgIpc) is 2.41. The third kappa shape index (κ3) is 3.05. The molecule has 0 saturated carbocycles. The van der Waals surface area contributed by atoms with Crippen LogP contribution in [0.15, 0.2) is 34.9 Å². The molecule has 0 aliphatic heterocycles. The molecular formula is C13H11BrN2O4. The van der Waals surface area contributed by atoms with E-state index in [9.17, 15) is 10.1 Å². The molecular weight excluding hydrogens is 328 g/mol. The third-order valence-corrected chi connectivity index (χ3v) is 3.00. The van der Waals surface area contributed by atoms with Crippen molar-refractivity contribution in [1.29, 1.82) is 0 Å². The summed E-state index contributed by atoms with van der Waals surface area (Å²) in [6.07, 6.45) is 1.56. The van der Waals surface area contributed by atoms with E-state index in [0.29, 0.717) is 11.6 Å². The van der Waals surface area contributed by atoms with E-state index in [0.717, 1.165) is 10.0 Å². The summed E-state index contributed by atoms with van der Waals surface area (Å²) in [5.41, 5.74) is 0.617. The standard InChI is InChI=1S/C13H11BrN2O4/c1-8-5-9(14)7-15-13(8)20-12-6-10(19-2)3-4-11(12)16(17)18/h3-7H,1-2H3. The number of aromatic nitrogens is 1. The van der Waals surface area contributed by atoms with Gasteiger partial charge in [0.25, 0.3) is 0 Å². The minimum absolute atomic E-state index is 0.0901. The molecule has 0 aliphatic rings. The van der Waals surface area contributed by atoms with Gasteiger partial charge in [0.2, 0.25) is 11.6 Å². The third-order valence-electron chi connectivity index (χ3n) is 2.57. The molecule has 7 heteroatoms. The van der Waals surface area contributed by atoms with Gasteiger partial charge in [-0.15, -0.1) is 0 Å². The van der Waals surface area contributed by atoms with Gasteiger partial charge in [0, 0.05) is 28.4 Å². The summed E-state index contributed by atoms with van der Waals surface area (Å²) < 4.78 is 11.4. The molecule has 2 rings (SSSR count). The van der Waals surface area contributed by atoms with Crippen LogP contribution in [0.25, 0.3) is 0 Å². The first-order chi connectivity index (χ1) is 9.51. The topological polar surface area (TPSA) is 74.5 Å². The Morgan fingerprint density at radius 1 is 1.35 bits per heavy atom. The SMILES string of the molecule is COc1ccc([N+](=O)[O-])c(Oc2ncc(Br)cc2C)c1. The summed E-state index contributed by atoms with van der Waals surface area (Å²) in [6, 6.07) is 6.12. The Morgan fingerprint density at radius 2 is 2.10 bits per heavy atom.